The number of hydroxylamine groups is 2. The highest BCUT2D eigenvalue weighted by molar-refractivity contribution is 6.30. The van der Waals surface area contributed by atoms with Gasteiger partial charge in [0.25, 0.3) is 0 Å². The molecule has 9 heteroatoms. The maximum Gasteiger partial charge on any atom is 0.393 e. The Labute approximate surface area is 246 Å². The number of fused-ring (bicyclic) bond motifs is 1. The van der Waals surface area contributed by atoms with Crippen LogP contribution in [0.1, 0.15) is 21.7 Å². The number of halogens is 2. The van der Waals surface area contributed by atoms with Crippen molar-refractivity contribution in [1.29, 1.82) is 0 Å². The summed E-state index contributed by atoms with van der Waals surface area (Å²) in [6.07, 6.45) is 0.151. The van der Waals surface area contributed by atoms with Crippen LogP contribution in [0.25, 0.3) is 22.1 Å². The lowest BCUT2D eigenvalue weighted by Crippen LogP contribution is -2.44. The second-order valence-electron chi connectivity index (χ2n) is 9.36. The second kappa shape index (κ2) is 12.5. The number of furan rings is 1. The molecule has 0 saturated heterocycles. The Hall–Kier alpha value is -4.30. The number of phenols is 1. The third-order valence-electron chi connectivity index (χ3n) is 6.54. The van der Waals surface area contributed by atoms with Gasteiger partial charge in [0.2, 0.25) is 5.76 Å². The van der Waals surface area contributed by atoms with Crippen LogP contribution in [0.3, 0.4) is 0 Å². The molecular formula is C32H25Cl2NO6. The number of hydrogen-bond acceptors (Lipinski definition) is 7. The van der Waals surface area contributed by atoms with Crippen molar-refractivity contribution >= 4 is 46.1 Å². The average Bonchev–Trinajstić information content (AvgIpc) is 3.41. The molecule has 0 aliphatic carbocycles. The minimum atomic E-state index is -0.995. The van der Waals surface area contributed by atoms with Gasteiger partial charge in [-0.15, -0.1) is 5.06 Å². The van der Waals surface area contributed by atoms with E-state index in [-0.39, 0.29) is 24.5 Å². The van der Waals surface area contributed by atoms with Crippen LogP contribution in [0, 0.1) is 0 Å². The maximum atomic E-state index is 13.4. The van der Waals surface area contributed by atoms with E-state index >= 15 is 0 Å². The Morgan fingerprint density at radius 2 is 1.44 bits per heavy atom. The van der Waals surface area contributed by atoms with E-state index < -0.39 is 18.0 Å². The monoisotopic (exact) mass is 589 g/mol. The fourth-order valence-corrected chi connectivity index (χ4v) is 4.63. The van der Waals surface area contributed by atoms with Crippen molar-refractivity contribution in [1.82, 2.24) is 5.06 Å². The highest BCUT2D eigenvalue weighted by Crippen LogP contribution is 2.28. The molecule has 7 nitrogen and oxygen atoms in total. The number of aromatic hydroxyl groups is 1. The molecule has 41 heavy (non-hydrogen) atoms. The zero-order valence-electron chi connectivity index (χ0n) is 21.9. The van der Waals surface area contributed by atoms with Crippen molar-refractivity contribution in [3.05, 3.63) is 124 Å². The fraction of sp³-hybridized carbons (Fsp3) is 0.125. The molecule has 0 amide bonds. The van der Waals surface area contributed by atoms with E-state index in [1.165, 1.54) is 24.3 Å². The number of phenolic OH excluding ortho intramolecular Hbond substituents is 1. The molecule has 1 N–H and O–H groups in total. The first-order valence-electron chi connectivity index (χ1n) is 12.7. The zero-order chi connectivity index (χ0) is 28.9. The van der Waals surface area contributed by atoms with Gasteiger partial charge in [0.15, 0.2) is 0 Å². The standard InChI is InChI=1S/C32H25Cl2NO6/c1-39-31(37)28(16-20-4-14-27(36)15-5-20)35(19-21-2-10-25(33)11-3-21)41-32(38)30-18-24-7-6-23(17-29(24)40-30)22-8-12-26(34)13-9-22/h2-15,17-18,28,36H,16,19H2,1H3/t28-/m0/s1. The quantitative estimate of drug-likeness (QED) is 0.141. The van der Waals surface area contributed by atoms with Crippen LogP contribution in [0.2, 0.25) is 10.0 Å². The van der Waals surface area contributed by atoms with Crippen LogP contribution >= 0.6 is 23.2 Å². The van der Waals surface area contributed by atoms with E-state index in [1.807, 2.05) is 30.3 Å². The Bertz CT molecular complexity index is 1660. The van der Waals surface area contributed by atoms with Gasteiger partial charge in [0.1, 0.15) is 17.4 Å². The molecule has 1 atom stereocenters. The van der Waals surface area contributed by atoms with Gasteiger partial charge < -0.3 is 19.1 Å². The van der Waals surface area contributed by atoms with E-state index in [1.54, 1.807) is 54.6 Å². The first kappa shape index (κ1) is 28.2. The van der Waals surface area contributed by atoms with E-state index in [4.69, 9.17) is 37.2 Å². The first-order valence-corrected chi connectivity index (χ1v) is 13.4. The second-order valence-corrected chi connectivity index (χ2v) is 10.2. The normalized spacial score (nSPS) is 11.9. The van der Waals surface area contributed by atoms with E-state index in [0.29, 0.717) is 21.0 Å². The number of carbonyl (C=O) groups is 2. The third kappa shape index (κ3) is 6.89. The van der Waals surface area contributed by atoms with Crippen molar-refractivity contribution in [3.63, 3.8) is 0 Å². The number of hydrogen-bond donors (Lipinski definition) is 1. The molecule has 0 spiro atoms. The molecule has 1 heterocycles. The summed E-state index contributed by atoms with van der Waals surface area (Å²) in [6, 6.07) is 27.0. The largest absolute Gasteiger partial charge is 0.508 e. The minimum absolute atomic E-state index is 0.0254. The van der Waals surface area contributed by atoms with Gasteiger partial charge in [-0.3, -0.25) is 4.79 Å². The molecule has 0 aliphatic heterocycles. The van der Waals surface area contributed by atoms with Crippen molar-refractivity contribution < 1.29 is 28.7 Å². The van der Waals surface area contributed by atoms with Gasteiger partial charge in [-0.1, -0.05) is 71.7 Å². The average molecular weight is 590 g/mol. The molecule has 5 aromatic rings. The number of carbonyl (C=O) groups excluding carboxylic acids is 2. The number of nitrogens with zero attached hydrogens (tertiary/aromatic N) is 1. The Morgan fingerprint density at radius 1 is 0.829 bits per heavy atom. The topological polar surface area (TPSA) is 89.2 Å². The summed E-state index contributed by atoms with van der Waals surface area (Å²) < 4.78 is 11.0. The molecule has 1 aromatic heterocycles. The van der Waals surface area contributed by atoms with Crippen molar-refractivity contribution in [2.24, 2.45) is 0 Å². The smallest absolute Gasteiger partial charge is 0.393 e. The number of benzene rings is 4. The van der Waals surface area contributed by atoms with Gasteiger partial charge in [0.05, 0.1) is 13.7 Å². The van der Waals surface area contributed by atoms with Gasteiger partial charge >= 0.3 is 11.9 Å². The summed E-state index contributed by atoms with van der Waals surface area (Å²) in [5.41, 5.74) is 3.82. The molecule has 0 saturated carbocycles. The number of ether oxygens (including phenoxy) is 1. The Morgan fingerprint density at radius 3 is 2.10 bits per heavy atom. The van der Waals surface area contributed by atoms with Crippen LogP contribution in [-0.2, 0) is 27.3 Å². The lowest BCUT2D eigenvalue weighted by atomic mass is 10.0. The molecule has 0 radical (unpaired) electrons. The van der Waals surface area contributed by atoms with E-state index in [9.17, 15) is 14.7 Å². The minimum Gasteiger partial charge on any atom is -0.508 e. The molecule has 208 valence electrons. The summed E-state index contributed by atoms with van der Waals surface area (Å²) in [7, 11) is 1.27. The molecule has 0 aliphatic rings. The van der Waals surface area contributed by atoms with Crippen molar-refractivity contribution in [3.8, 4) is 16.9 Å². The SMILES string of the molecule is COC(=O)[C@H](Cc1ccc(O)cc1)N(Cc1ccc(Cl)cc1)OC(=O)c1cc2ccc(-c3ccc(Cl)cc3)cc2o1. The zero-order valence-corrected chi connectivity index (χ0v) is 23.4. The first-order chi connectivity index (χ1) is 19.8. The van der Waals surface area contributed by atoms with Crippen molar-refractivity contribution in [2.45, 2.75) is 19.0 Å². The summed E-state index contributed by atoms with van der Waals surface area (Å²) in [4.78, 5) is 32.2. The predicted octanol–water partition coefficient (Wildman–Crippen LogP) is 7.47. The van der Waals surface area contributed by atoms with Crippen LogP contribution in [0.4, 0.5) is 0 Å². The van der Waals surface area contributed by atoms with Gasteiger partial charge in [-0.25, -0.2) is 4.79 Å². The lowest BCUT2D eigenvalue weighted by molar-refractivity contribution is -0.178. The van der Waals surface area contributed by atoms with Crippen LogP contribution in [0.5, 0.6) is 5.75 Å². The Kier molecular flexibility index (Phi) is 8.59. The summed E-state index contributed by atoms with van der Waals surface area (Å²) in [6.45, 7) is 0.0711. The van der Waals surface area contributed by atoms with Gasteiger partial charge in [-0.05, 0) is 70.8 Å². The summed E-state index contributed by atoms with van der Waals surface area (Å²) in [5, 5.41) is 12.8. The molecular weight excluding hydrogens is 565 g/mol. The molecule has 0 unspecified atom stereocenters. The lowest BCUT2D eigenvalue weighted by Gasteiger charge is -2.28. The van der Waals surface area contributed by atoms with Crippen molar-refractivity contribution in [2.75, 3.05) is 7.11 Å². The Balaban J connectivity index is 1.44. The molecule has 4 aromatic carbocycles. The van der Waals surface area contributed by atoms with Crippen LogP contribution in [0.15, 0.2) is 101 Å². The number of methoxy groups -OCH3 is 1. The number of rotatable bonds is 9. The highest BCUT2D eigenvalue weighted by Gasteiger charge is 2.32. The summed E-state index contributed by atoms with van der Waals surface area (Å²) in [5.74, 6) is -1.31. The van der Waals surface area contributed by atoms with Crippen LogP contribution in [-0.4, -0.2) is 35.3 Å². The fourth-order valence-electron chi connectivity index (χ4n) is 4.38. The van der Waals surface area contributed by atoms with Gasteiger partial charge in [-0.2, -0.15) is 0 Å². The molecule has 0 bridgehead atoms. The molecule has 0 fully saturated rings. The maximum absolute atomic E-state index is 13.4. The summed E-state index contributed by atoms with van der Waals surface area (Å²) >= 11 is 12.1. The van der Waals surface area contributed by atoms with E-state index in [2.05, 4.69) is 0 Å². The molecule has 5 rings (SSSR count). The van der Waals surface area contributed by atoms with E-state index in [0.717, 1.165) is 22.3 Å². The third-order valence-corrected chi connectivity index (χ3v) is 7.04. The number of esters is 1. The van der Waals surface area contributed by atoms with Gasteiger partial charge in [0, 0.05) is 21.9 Å². The predicted molar refractivity (Wildman–Crippen MR) is 157 cm³/mol. The highest BCUT2D eigenvalue weighted by atomic mass is 35.5. The van der Waals surface area contributed by atoms with Crippen LogP contribution < -0.4 is 0 Å².